The molecular weight excluding hydrogens is 395 g/mol. The molecule has 0 unspecified atom stereocenters. The van der Waals surface area contributed by atoms with Gasteiger partial charge in [-0.1, -0.05) is 12.5 Å². The second kappa shape index (κ2) is 6.71. The summed E-state index contributed by atoms with van der Waals surface area (Å²) in [7, 11) is -5.05. The molecule has 0 aliphatic heterocycles. The standard InChI is InChI=1S/C16H13F5N2O3S/c17-10-11(18)13(20)15(14(21)12(10)19)27(25,26)22-7-16(5-2-6-16)8-3-1-4-9(24)23-8/h1,3-4,22H,2,5-7H2,(H,23,24). The van der Waals surface area contributed by atoms with Crippen molar-refractivity contribution in [2.45, 2.75) is 29.6 Å². The van der Waals surface area contributed by atoms with Crippen LogP contribution in [0.4, 0.5) is 22.0 Å². The van der Waals surface area contributed by atoms with Crippen molar-refractivity contribution in [3.63, 3.8) is 0 Å². The molecule has 1 aliphatic rings. The third-order valence-electron chi connectivity index (χ3n) is 4.69. The maximum atomic E-state index is 13.8. The van der Waals surface area contributed by atoms with Crippen LogP contribution in [0.3, 0.4) is 0 Å². The summed E-state index contributed by atoms with van der Waals surface area (Å²) < 4.78 is 93.7. The molecule has 1 aromatic heterocycles. The van der Waals surface area contributed by atoms with Crippen LogP contribution in [0.5, 0.6) is 0 Å². The van der Waals surface area contributed by atoms with E-state index in [1.807, 2.05) is 4.72 Å². The number of rotatable bonds is 5. The third kappa shape index (κ3) is 3.25. The van der Waals surface area contributed by atoms with Crippen molar-refractivity contribution < 1.29 is 30.4 Å². The highest BCUT2D eigenvalue weighted by atomic mass is 32.2. The fraction of sp³-hybridized carbons (Fsp3) is 0.312. The molecular formula is C16H13F5N2O3S. The molecule has 2 aromatic rings. The number of H-pyrrole nitrogens is 1. The number of hydrogen-bond acceptors (Lipinski definition) is 3. The third-order valence-corrected chi connectivity index (χ3v) is 6.11. The summed E-state index contributed by atoms with van der Waals surface area (Å²) in [6.07, 6.45) is 1.64. The van der Waals surface area contributed by atoms with Crippen molar-refractivity contribution in [2.24, 2.45) is 0 Å². The maximum Gasteiger partial charge on any atom is 0.248 e. The van der Waals surface area contributed by atoms with E-state index in [4.69, 9.17) is 0 Å². The molecule has 146 valence electrons. The molecule has 11 heteroatoms. The van der Waals surface area contributed by atoms with Gasteiger partial charge in [-0.25, -0.2) is 35.1 Å². The van der Waals surface area contributed by atoms with Crippen molar-refractivity contribution >= 4 is 10.0 Å². The van der Waals surface area contributed by atoms with Gasteiger partial charge in [-0.05, 0) is 18.9 Å². The van der Waals surface area contributed by atoms with Crippen molar-refractivity contribution in [1.82, 2.24) is 9.71 Å². The molecule has 1 aliphatic carbocycles. The van der Waals surface area contributed by atoms with E-state index in [2.05, 4.69) is 4.98 Å². The zero-order chi connectivity index (χ0) is 20.0. The molecule has 3 rings (SSSR count). The van der Waals surface area contributed by atoms with Crippen LogP contribution in [0.1, 0.15) is 25.0 Å². The van der Waals surface area contributed by atoms with E-state index in [9.17, 15) is 35.2 Å². The van der Waals surface area contributed by atoms with Gasteiger partial charge in [-0.15, -0.1) is 0 Å². The Balaban J connectivity index is 1.95. The molecule has 0 amide bonds. The number of hydrogen-bond donors (Lipinski definition) is 2. The molecule has 1 aromatic carbocycles. The molecule has 27 heavy (non-hydrogen) atoms. The zero-order valence-corrected chi connectivity index (χ0v) is 14.4. The first kappa shape index (κ1) is 19.5. The lowest BCUT2D eigenvalue weighted by Gasteiger charge is -2.41. The highest BCUT2D eigenvalue weighted by Crippen LogP contribution is 2.42. The van der Waals surface area contributed by atoms with E-state index >= 15 is 0 Å². The molecule has 1 saturated carbocycles. The Labute approximate surface area is 150 Å². The topological polar surface area (TPSA) is 79.0 Å². The molecule has 1 heterocycles. The van der Waals surface area contributed by atoms with Crippen LogP contribution in [-0.2, 0) is 15.4 Å². The fourth-order valence-corrected chi connectivity index (χ4v) is 4.29. The predicted molar refractivity (Wildman–Crippen MR) is 84.0 cm³/mol. The summed E-state index contributed by atoms with van der Waals surface area (Å²) in [6, 6.07) is 4.29. The molecule has 0 saturated heterocycles. The first-order valence-electron chi connectivity index (χ1n) is 7.80. The Bertz CT molecular complexity index is 1040. The van der Waals surface area contributed by atoms with Crippen LogP contribution in [-0.4, -0.2) is 19.9 Å². The van der Waals surface area contributed by atoms with E-state index < -0.39 is 55.0 Å². The summed E-state index contributed by atoms with van der Waals surface area (Å²) in [5, 5.41) is 0. The van der Waals surface area contributed by atoms with Gasteiger partial charge in [-0.3, -0.25) is 4.79 Å². The first-order valence-corrected chi connectivity index (χ1v) is 9.28. The van der Waals surface area contributed by atoms with Gasteiger partial charge in [0.25, 0.3) is 0 Å². The van der Waals surface area contributed by atoms with Crippen molar-refractivity contribution in [3.8, 4) is 0 Å². The van der Waals surface area contributed by atoms with Crippen LogP contribution in [0.25, 0.3) is 0 Å². The number of benzene rings is 1. The highest BCUT2D eigenvalue weighted by molar-refractivity contribution is 7.89. The Morgan fingerprint density at radius 2 is 1.52 bits per heavy atom. The summed E-state index contributed by atoms with van der Waals surface area (Å²) in [4.78, 5) is 12.1. The largest absolute Gasteiger partial charge is 0.326 e. The lowest BCUT2D eigenvalue weighted by atomic mass is 9.66. The second-order valence-electron chi connectivity index (χ2n) is 6.29. The molecule has 5 nitrogen and oxygen atoms in total. The molecule has 0 spiro atoms. The summed E-state index contributed by atoms with van der Waals surface area (Å²) in [5.74, 6) is -12.0. The number of sulfonamides is 1. The number of nitrogens with one attached hydrogen (secondary N) is 2. The average Bonchev–Trinajstić information content (AvgIpc) is 2.57. The lowest BCUT2D eigenvalue weighted by Crippen LogP contribution is -2.47. The first-order chi connectivity index (χ1) is 12.6. The SMILES string of the molecule is O=c1cccc(C2(CNS(=O)(=O)c3c(F)c(F)c(F)c(F)c3F)CCC2)[nH]1. The van der Waals surface area contributed by atoms with Gasteiger partial charge in [0.2, 0.25) is 21.4 Å². The van der Waals surface area contributed by atoms with Gasteiger partial charge < -0.3 is 4.98 Å². The number of pyridine rings is 1. The van der Waals surface area contributed by atoms with Crippen LogP contribution in [0, 0.1) is 29.1 Å². The summed E-state index contributed by atoms with van der Waals surface area (Å²) >= 11 is 0. The summed E-state index contributed by atoms with van der Waals surface area (Å²) in [6.45, 7) is -0.380. The van der Waals surface area contributed by atoms with Gasteiger partial charge in [0.15, 0.2) is 28.2 Å². The van der Waals surface area contributed by atoms with Crippen molar-refractivity contribution in [3.05, 3.63) is 63.3 Å². The number of halogens is 5. The average molecular weight is 408 g/mol. The summed E-state index contributed by atoms with van der Waals surface area (Å²) in [5.41, 5.74) is -0.833. The van der Waals surface area contributed by atoms with Crippen molar-refractivity contribution in [1.29, 1.82) is 0 Å². The van der Waals surface area contributed by atoms with Gasteiger partial charge in [0, 0.05) is 23.7 Å². The van der Waals surface area contributed by atoms with Crippen molar-refractivity contribution in [2.75, 3.05) is 6.54 Å². The Hall–Kier alpha value is -2.27. The second-order valence-corrected chi connectivity index (χ2v) is 7.99. The van der Waals surface area contributed by atoms with Crippen LogP contribution in [0.2, 0.25) is 0 Å². The Kier molecular flexibility index (Phi) is 4.85. The van der Waals surface area contributed by atoms with E-state index in [1.165, 1.54) is 12.1 Å². The van der Waals surface area contributed by atoms with E-state index in [1.54, 1.807) is 6.07 Å². The van der Waals surface area contributed by atoms with Crippen LogP contribution in [0.15, 0.2) is 27.9 Å². The van der Waals surface area contributed by atoms with Gasteiger partial charge in [-0.2, -0.15) is 0 Å². The van der Waals surface area contributed by atoms with E-state index in [0.717, 1.165) is 0 Å². The zero-order valence-electron chi connectivity index (χ0n) is 13.6. The van der Waals surface area contributed by atoms with Gasteiger partial charge in [0.1, 0.15) is 0 Å². The quantitative estimate of drug-likeness (QED) is 0.453. The highest BCUT2D eigenvalue weighted by Gasteiger charge is 2.42. The normalized spacial score (nSPS) is 16.2. The van der Waals surface area contributed by atoms with Gasteiger partial charge >= 0.3 is 0 Å². The minimum atomic E-state index is -5.05. The number of aromatic nitrogens is 1. The minimum absolute atomic E-state index is 0.380. The molecule has 0 radical (unpaired) electrons. The van der Waals surface area contributed by atoms with Crippen LogP contribution < -0.4 is 10.3 Å². The minimum Gasteiger partial charge on any atom is -0.326 e. The lowest BCUT2D eigenvalue weighted by molar-refractivity contribution is 0.238. The molecule has 0 bridgehead atoms. The monoisotopic (exact) mass is 408 g/mol. The Morgan fingerprint density at radius 1 is 0.963 bits per heavy atom. The number of aromatic amines is 1. The Morgan fingerprint density at radius 3 is 2.00 bits per heavy atom. The van der Waals surface area contributed by atoms with E-state index in [-0.39, 0.29) is 6.54 Å². The van der Waals surface area contributed by atoms with Crippen LogP contribution >= 0.6 is 0 Å². The smallest absolute Gasteiger partial charge is 0.248 e. The molecule has 1 fully saturated rings. The predicted octanol–water partition coefficient (Wildman–Crippen LogP) is 2.47. The molecule has 2 N–H and O–H groups in total. The van der Waals surface area contributed by atoms with E-state index in [0.29, 0.717) is 25.0 Å². The molecule has 0 atom stereocenters. The van der Waals surface area contributed by atoms with Gasteiger partial charge in [0.05, 0.1) is 0 Å². The maximum absolute atomic E-state index is 13.8. The fourth-order valence-electron chi connectivity index (χ4n) is 3.03.